The van der Waals surface area contributed by atoms with Crippen LogP contribution in [0.3, 0.4) is 0 Å². The van der Waals surface area contributed by atoms with E-state index in [4.69, 9.17) is 5.73 Å². The SMILES string of the molecule is Nc1ccc(-c2ccc(SNc3nccs3)cc2)cc1. The van der Waals surface area contributed by atoms with Gasteiger partial charge in [-0.25, -0.2) is 4.98 Å². The monoisotopic (exact) mass is 299 g/mol. The summed E-state index contributed by atoms with van der Waals surface area (Å²) in [5, 5.41) is 2.87. The third kappa shape index (κ3) is 3.12. The van der Waals surface area contributed by atoms with Crippen molar-refractivity contribution in [3.8, 4) is 11.1 Å². The summed E-state index contributed by atoms with van der Waals surface area (Å²) in [7, 11) is 0. The Labute approximate surface area is 126 Å². The normalized spacial score (nSPS) is 10.4. The van der Waals surface area contributed by atoms with E-state index in [0.717, 1.165) is 15.7 Å². The molecular formula is C15H13N3S2. The van der Waals surface area contributed by atoms with Crippen LogP contribution in [0.25, 0.3) is 11.1 Å². The van der Waals surface area contributed by atoms with Crippen LogP contribution in [0.15, 0.2) is 65.0 Å². The van der Waals surface area contributed by atoms with Crippen LogP contribution in [0.2, 0.25) is 0 Å². The Morgan fingerprint density at radius 1 is 0.950 bits per heavy atom. The van der Waals surface area contributed by atoms with Crippen molar-refractivity contribution in [1.29, 1.82) is 0 Å². The second-order valence-corrected chi connectivity index (χ2v) is 5.96. The van der Waals surface area contributed by atoms with Gasteiger partial charge >= 0.3 is 0 Å². The lowest BCUT2D eigenvalue weighted by Gasteiger charge is -2.05. The van der Waals surface area contributed by atoms with Crippen LogP contribution in [0, 0.1) is 0 Å². The Morgan fingerprint density at radius 2 is 1.60 bits per heavy atom. The summed E-state index contributed by atoms with van der Waals surface area (Å²) < 4.78 is 3.22. The summed E-state index contributed by atoms with van der Waals surface area (Å²) in [6.07, 6.45) is 1.79. The van der Waals surface area contributed by atoms with Crippen LogP contribution < -0.4 is 10.5 Å². The van der Waals surface area contributed by atoms with Crippen LogP contribution in [-0.2, 0) is 0 Å². The molecule has 5 heteroatoms. The second-order valence-electron chi connectivity index (χ2n) is 4.19. The minimum Gasteiger partial charge on any atom is -0.399 e. The molecule has 0 saturated carbocycles. The van der Waals surface area contributed by atoms with Crippen molar-refractivity contribution in [1.82, 2.24) is 4.98 Å². The first-order valence-corrected chi connectivity index (χ1v) is 7.79. The molecule has 0 aliphatic heterocycles. The number of hydrogen-bond acceptors (Lipinski definition) is 5. The van der Waals surface area contributed by atoms with Crippen molar-refractivity contribution >= 4 is 34.1 Å². The van der Waals surface area contributed by atoms with Gasteiger partial charge in [0.25, 0.3) is 0 Å². The van der Waals surface area contributed by atoms with E-state index in [1.54, 1.807) is 29.5 Å². The molecule has 0 spiro atoms. The van der Waals surface area contributed by atoms with E-state index in [2.05, 4.69) is 34.0 Å². The van der Waals surface area contributed by atoms with Gasteiger partial charge in [0.15, 0.2) is 5.13 Å². The highest BCUT2D eigenvalue weighted by atomic mass is 32.2. The zero-order chi connectivity index (χ0) is 13.8. The predicted octanol–water partition coefficient (Wildman–Crippen LogP) is 4.51. The Bertz CT molecular complexity index is 661. The van der Waals surface area contributed by atoms with Crippen molar-refractivity contribution < 1.29 is 0 Å². The third-order valence-corrected chi connectivity index (χ3v) is 4.41. The molecule has 0 unspecified atom stereocenters. The van der Waals surface area contributed by atoms with Crippen molar-refractivity contribution in [3.63, 3.8) is 0 Å². The number of aromatic nitrogens is 1. The van der Waals surface area contributed by atoms with Crippen molar-refractivity contribution in [2.45, 2.75) is 4.90 Å². The summed E-state index contributed by atoms with van der Waals surface area (Å²) in [5.41, 5.74) is 8.84. The minimum atomic E-state index is 0.786. The summed E-state index contributed by atoms with van der Waals surface area (Å²) in [4.78, 5) is 5.33. The highest BCUT2D eigenvalue weighted by Crippen LogP contribution is 2.26. The summed E-state index contributed by atoms with van der Waals surface area (Å²) in [5.74, 6) is 0. The van der Waals surface area contributed by atoms with Gasteiger partial charge in [0.1, 0.15) is 0 Å². The van der Waals surface area contributed by atoms with Crippen molar-refractivity contribution in [2.24, 2.45) is 0 Å². The van der Waals surface area contributed by atoms with Crippen LogP contribution in [-0.4, -0.2) is 4.98 Å². The molecule has 0 atom stereocenters. The van der Waals surface area contributed by atoms with E-state index in [0.29, 0.717) is 0 Å². The maximum atomic E-state index is 5.70. The number of rotatable bonds is 4. The quantitative estimate of drug-likeness (QED) is 0.549. The fraction of sp³-hybridized carbons (Fsp3) is 0. The molecule has 100 valence electrons. The van der Waals surface area contributed by atoms with Gasteiger partial charge in [-0.15, -0.1) is 11.3 Å². The lowest BCUT2D eigenvalue weighted by molar-refractivity contribution is 1.41. The van der Waals surface area contributed by atoms with Crippen LogP contribution >= 0.6 is 23.3 Å². The lowest BCUT2D eigenvalue weighted by Crippen LogP contribution is -1.86. The molecule has 0 fully saturated rings. The molecule has 0 aliphatic rings. The summed E-state index contributed by atoms with van der Waals surface area (Å²) in [6, 6.07) is 16.3. The molecule has 1 heterocycles. The average Bonchev–Trinajstić information content (AvgIpc) is 3.00. The first-order chi connectivity index (χ1) is 9.81. The molecule has 0 amide bonds. The standard InChI is InChI=1S/C15H13N3S2/c16-13-5-1-11(2-6-13)12-3-7-14(8-4-12)20-18-15-17-9-10-19-15/h1-10H,16H2,(H,17,18). The molecule has 20 heavy (non-hydrogen) atoms. The zero-order valence-electron chi connectivity index (χ0n) is 10.6. The van der Waals surface area contributed by atoms with Gasteiger partial charge in [0.2, 0.25) is 0 Å². The number of nitrogen functional groups attached to an aromatic ring is 1. The molecule has 1 aromatic heterocycles. The number of nitrogens with two attached hydrogens (primary N) is 1. The van der Waals surface area contributed by atoms with Crippen molar-refractivity contribution in [2.75, 3.05) is 10.5 Å². The zero-order valence-corrected chi connectivity index (χ0v) is 12.2. The smallest absolute Gasteiger partial charge is 0.192 e. The lowest BCUT2D eigenvalue weighted by atomic mass is 10.1. The number of nitrogens with one attached hydrogen (secondary N) is 1. The van der Waals surface area contributed by atoms with Gasteiger partial charge in [-0.1, -0.05) is 24.3 Å². The Kier molecular flexibility index (Phi) is 3.90. The molecule has 0 saturated heterocycles. The van der Waals surface area contributed by atoms with Gasteiger partial charge in [-0.3, -0.25) is 0 Å². The predicted molar refractivity (Wildman–Crippen MR) is 87.9 cm³/mol. The number of benzene rings is 2. The molecule has 0 bridgehead atoms. The maximum absolute atomic E-state index is 5.70. The van der Waals surface area contributed by atoms with E-state index in [9.17, 15) is 0 Å². The topological polar surface area (TPSA) is 50.9 Å². The van der Waals surface area contributed by atoms with Crippen LogP contribution in [0.5, 0.6) is 0 Å². The van der Waals surface area contributed by atoms with E-state index in [-0.39, 0.29) is 0 Å². The highest BCUT2D eigenvalue weighted by molar-refractivity contribution is 8.00. The Morgan fingerprint density at radius 3 is 2.20 bits per heavy atom. The first kappa shape index (κ1) is 13.0. The maximum Gasteiger partial charge on any atom is 0.192 e. The van der Waals surface area contributed by atoms with Crippen molar-refractivity contribution in [3.05, 3.63) is 60.1 Å². The molecule has 0 aliphatic carbocycles. The van der Waals surface area contributed by atoms with Gasteiger partial charge in [-0.05, 0) is 47.3 Å². The van der Waals surface area contributed by atoms with Crippen LogP contribution in [0.4, 0.5) is 10.8 Å². The number of nitrogens with zero attached hydrogens (tertiary/aromatic N) is 1. The fourth-order valence-corrected chi connectivity index (χ4v) is 2.99. The summed E-state index contributed by atoms with van der Waals surface area (Å²) in [6.45, 7) is 0. The van der Waals surface area contributed by atoms with Gasteiger partial charge in [0, 0.05) is 22.2 Å². The van der Waals surface area contributed by atoms with E-state index in [1.165, 1.54) is 11.1 Å². The molecule has 0 radical (unpaired) electrons. The van der Waals surface area contributed by atoms with Crippen LogP contribution in [0.1, 0.15) is 0 Å². The number of anilines is 2. The Balaban J connectivity index is 1.69. The largest absolute Gasteiger partial charge is 0.399 e. The van der Waals surface area contributed by atoms with E-state index >= 15 is 0 Å². The van der Waals surface area contributed by atoms with Gasteiger partial charge in [0.05, 0.1) is 0 Å². The molecule has 3 aromatic rings. The molecule has 3 nitrogen and oxygen atoms in total. The van der Waals surface area contributed by atoms with Gasteiger partial charge < -0.3 is 10.5 Å². The highest BCUT2D eigenvalue weighted by Gasteiger charge is 2.00. The molecule has 2 aromatic carbocycles. The second kappa shape index (κ2) is 5.98. The summed E-state index contributed by atoms with van der Waals surface area (Å²) >= 11 is 3.15. The molecular weight excluding hydrogens is 286 g/mol. The van der Waals surface area contributed by atoms with Gasteiger partial charge in [-0.2, -0.15) is 0 Å². The van der Waals surface area contributed by atoms with E-state index < -0.39 is 0 Å². The Hall–Kier alpha value is -1.98. The fourth-order valence-electron chi connectivity index (χ4n) is 1.77. The average molecular weight is 299 g/mol. The molecule has 3 rings (SSSR count). The number of thiazole rings is 1. The first-order valence-electron chi connectivity index (χ1n) is 6.09. The number of hydrogen-bond donors (Lipinski definition) is 2. The minimum absolute atomic E-state index is 0.786. The molecule has 3 N–H and O–H groups in total. The van der Waals surface area contributed by atoms with E-state index in [1.807, 2.05) is 29.6 Å². The third-order valence-electron chi connectivity index (χ3n) is 2.79.